The van der Waals surface area contributed by atoms with E-state index in [-0.39, 0.29) is 11.8 Å². The van der Waals surface area contributed by atoms with E-state index >= 15 is 0 Å². The third kappa shape index (κ3) is 4.08. The molecule has 0 atom stereocenters. The quantitative estimate of drug-likeness (QED) is 0.885. The van der Waals surface area contributed by atoms with Gasteiger partial charge >= 0.3 is 0 Å². The molecule has 4 heteroatoms. The summed E-state index contributed by atoms with van der Waals surface area (Å²) in [6, 6.07) is 1.84. The second-order valence-electron chi connectivity index (χ2n) is 5.72. The van der Waals surface area contributed by atoms with E-state index in [0.29, 0.717) is 5.82 Å². The smallest absolute Gasteiger partial charge is 0.228 e. The molecule has 1 aliphatic carbocycles. The molecular formula is C15H25N3O. The molecule has 1 amide bonds. The first-order valence-corrected chi connectivity index (χ1v) is 7.49. The third-order valence-corrected chi connectivity index (χ3v) is 4.15. The molecule has 106 valence electrons. The number of unbranched alkanes of at least 4 members (excludes halogenated alkanes) is 1. The molecule has 0 unspecified atom stereocenters. The predicted octanol–water partition coefficient (Wildman–Crippen LogP) is 3.36. The van der Waals surface area contributed by atoms with Crippen molar-refractivity contribution >= 4 is 11.7 Å². The van der Waals surface area contributed by atoms with Gasteiger partial charge < -0.3 is 5.32 Å². The Balaban J connectivity index is 1.76. The number of nitrogens with zero attached hydrogens (tertiary/aromatic N) is 2. The minimum atomic E-state index is 0.146. The van der Waals surface area contributed by atoms with E-state index in [2.05, 4.69) is 17.3 Å². The van der Waals surface area contributed by atoms with Crippen molar-refractivity contribution in [1.29, 1.82) is 0 Å². The minimum absolute atomic E-state index is 0.146. The molecular weight excluding hydrogens is 238 g/mol. The maximum absolute atomic E-state index is 12.1. The molecule has 0 bridgehead atoms. The Labute approximate surface area is 115 Å². The van der Waals surface area contributed by atoms with Gasteiger partial charge in [0.25, 0.3) is 0 Å². The fourth-order valence-corrected chi connectivity index (χ4v) is 2.92. The molecule has 0 saturated heterocycles. The SMILES string of the molecule is CCCCC1CCC(C(=O)Nc2ccn(C)n2)CC1. The van der Waals surface area contributed by atoms with Crippen LogP contribution in [0.15, 0.2) is 12.3 Å². The van der Waals surface area contributed by atoms with E-state index in [9.17, 15) is 4.79 Å². The van der Waals surface area contributed by atoms with Gasteiger partial charge in [-0.1, -0.05) is 26.2 Å². The van der Waals surface area contributed by atoms with E-state index in [1.54, 1.807) is 4.68 Å². The van der Waals surface area contributed by atoms with Crippen LogP contribution < -0.4 is 5.32 Å². The summed E-state index contributed by atoms with van der Waals surface area (Å²) >= 11 is 0. The van der Waals surface area contributed by atoms with E-state index in [1.165, 1.54) is 32.1 Å². The van der Waals surface area contributed by atoms with Gasteiger partial charge in [-0.15, -0.1) is 0 Å². The normalized spacial score (nSPS) is 23.3. The maximum Gasteiger partial charge on any atom is 0.228 e. The minimum Gasteiger partial charge on any atom is -0.309 e. The fraction of sp³-hybridized carbons (Fsp3) is 0.733. The molecule has 0 radical (unpaired) electrons. The van der Waals surface area contributed by atoms with Crippen molar-refractivity contribution in [2.45, 2.75) is 51.9 Å². The second-order valence-corrected chi connectivity index (χ2v) is 5.72. The Morgan fingerprint density at radius 1 is 1.42 bits per heavy atom. The van der Waals surface area contributed by atoms with E-state index in [1.807, 2.05) is 19.3 Å². The lowest BCUT2D eigenvalue weighted by atomic mass is 9.79. The lowest BCUT2D eigenvalue weighted by molar-refractivity contribution is -0.121. The highest BCUT2D eigenvalue weighted by molar-refractivity contribution is 5.91. The summed E-state index contributed by atoms with van der Waals surface area (Å²) in [4.78, 5) is 12.1. The predicted molar refractivity (Wildman–Crippen MR) is 76.8 cm³/mol. The van der Waals surface area contributed by atoms with Gasteiger partial charge in [0.2, 0.25) is 5.91 Å². The number of nitrogens with one attached hydrogen (secondary N) is 1. The van der Waals surface area contributed by atoms with Gasteiger partial charge in [-0.05, 0) is 31.6 Å². The molecule has 0 spiro atoms. The zero-order valence-electron chi connectivity index (χ0n) is 12.1. The van der Waals surface area contributed by atoms with Crippen molar-refractivity contribution in [2.75, 3.05) is 5.32 Å². The molecule has 4 nitrogen and oxygen atoms in total. The monoisotopic (exact) mass is 263 g/mol. The van der Waals surface area contributed by atoms with Crippen molar-refractivity contribution in [3.63, 3.8) is 0 Å². The molecule has 1 aliphatic rings. The Morgan fingerprint density at radius 3 is 2.74 bits per heavy atom. The molecule has 1 aromatic rings. The number of rotatable bonds is 5. The highest BCUT2D eigenvalue weighted by atomic mass is 16.1. The summed E-state index contributed by atoms with van der Waals surface area (Å²) in [5, 5.41) is 7.11. The van der Waals surface area contributed by atoms with E-state index in [4.69, 9.17) is 0 Å². The molecule has 19 heavy (non-hydrogen) atoms. The van der Waals surface area contributed by atoms with Gasteiger partial charge in [0.05, 0.1) is 0 Å². The fourth-order valence-electron chi connectivity index (χ4n) is 2.92. The lowest BCUT2D eigenvalue weighted by Crippen LogP contribution is -2.27. The second kappa shape index (κ2) is 6.73. The van der Waals surface area contributed by atoms with Gasteiger partial charge in [-0.25, -0.2) is 0 Å². The lowest BCUT2D eigenvalue weighted by Gasteiger charge is -2.27. The van der Waals surface area contributed by atoms with Crippen LogP contribution >= 0.6 is 0 Å². The van der Waals surface area contributed by atoms with Crippen molar-refractivity contribution < 1.29 is 4.79 Å². The number of hydrogen-bond acceptors (Lipinski definition) is 2. The molecule has 0 aliphatic heterocycles. The Morgan fingerprint density at radius 2 is 2.16 bits per heavy atom. The van der Waals surface area contributed by atoms with Crippen molar-refractivity contribution in [3.05, 3.63) is 12.3 Å². The van der Waals surface area contributed by atoms with Gasteiger partial charge in [0, 0.05) is 25.2 Å². The van der Waals surface area contributed by atoms with Crippen molar-refractivity contribution in [1.82, 2.24) is 9.78 Å². The van der Waals surface area contributed by atoms with Gasteiger partial charge in [-0.3, -0.25) is 9.48 Å². The number of aryl methyl sites for hydroxylation is 1. The summed E-state index contributed by atoms with van der Waals surface area (Å²) in [5.74, 6) is 1.84. The first-order chi connectivity index (χ1) is 9.19. The molecule has 0 aromatic carbocycles. The molecule has 1 N–H and O–H groups in total. The summed E-state index contributed by atoms with van der Waals surface area (Å²) < 4.78 is 1.71. The Hall–Kier alpha value is -1.32. The highest BCUT2D eigenvalue weighted by Gasteiger charge is 2.26. The zero-order valence-corrected chi connectivity index (χ0v) is 12.1. The molecule has 1 heterocycles. The number of amides is 1. The topological polar surface area (TPSA) is 46.9 Å². The Kier molecular flexibility index (Phi) is 5.00. The third-order valence-electron chi connectivity index (χ3n) is 4.15. The summed E-state index contributed by atoms with van der Waals surface area (Å²) in [7, 11) is 1.86. The average molecular weight is 263 g/mol. The van der Waals surface area contributed by atoms with E-state index < -0.39 is 0 Å². The van der Waals surface area contributed by atoms with Crippen molar-refractivity contribution in [2.24, 2.45) is 18.9 Å². The van der Waals surface area contributed by atoms with Crippen LogP contribution in [0.5, 0.6) is 0 Å². The maximum atomic E-state index is 12.1. The largest absolute Gasteiger partial charge is 0.309 e. The molecule has 2 rings (SSSR count). The first-order valence-electron chi connectivity index (χ1n) is 7.49. The Bertz CT molecular complexity index is 405. The van der Waals surface area contributed by atoms with E-state index in [0.717, 1.165) is 18.8 Å². The molecule has 1 saturated carbocycles. The number of aromatic nitrogens is 2. The van der Waals surface area contributed by atoms with Crippen molar-refractivity contribution in [3.8, 4) is 0 Å². The average Bonchev–Trinajstić information content (AvgIpc) is 2.82. The number of hydrogen-bond donors (Lipinski definition) is 1. The molecule has 1 fully saturated rings. The van der Waals surface area contributed by atoms with Gasteiger partial charge in [0.15, 0.2) is 5.82 Å². The highest BCUT2D eigenvalue weighted by Crippen LogP contribution is 2.32. The van der Waals surface area contributed by atoms with Gasteiger partial charge in [-0.2, -0.15) is 5.10 Å². The van der Waals surface area contributed by atoms with Crippen LogP contribution in [0.4, 0.5) is 5.82 Å². The van der Waals surface area contributed by atoms with Crippen LogP contribution in [-0.2, 0) is 11.8 Å². The van der Waals surface area contributed by atoms with Crippen LogP contribution in [0.1, 0.15) is 51.9 Å². The summed E-state index contributed by atoms with van der Waals surface area (Å²) in [5.41, 5.74) is 0. The van der Waals surface area contributed by atoms with Crippen LogP contribution in [0, 0.1) is 11.8 Å². The number of anilines is 1. The first kappa shape index (κ1) is 14.1. The summed E-state index contributed by atoms with van der Waals surface area (Å²) in [6.07, 6.45) is 10.3. The van der Waals surface area contributed by atoms with Crippen LogP contribution in [0.3, 0.4) is 0 Å². The van der Waals surface area contributed by atoms with Crippen LogP contribution in [0.2, 0.25) is 0 Å². The van der Waals surface area contributed by atoms with Crippen LogP contribution in [-0.4, -0.2) is 15.7 Å². The van der Waals surface area contributed by atoms with Crippen LogP contribution in [0.25, 0.3) is 0 Å². The number of carbonyl (C=O) groups is 1. The van der Waals surface area contributed by atoms with Gasteiger partial charge in [0.1, 0.15) is 0 Å². The standard InChI is InChI=1S/C15H25N3O/c1-3-4-5-12-6-8-13(9-7-12)15(19)16-14-10-11-18(2)17-14/h10-13H,3-9H2,1-2H3,(H,16,17,19). The zero-order chi connectivity index (χ0) is 13.7. The summed E-state index contributed by atoms with van der Waals surface area (Å²) in [6.45, 7) is 2.24. The number of carbonyl (C=O) groups excluding carboxylic acids is 1. The molecule has 1 aromatic heterocycles.